The van der Waals surface area contributed by atoms with E-state index in [1.54, 1.807) is 24.8 Å². The standard InChI is InChI=1S/C24H24N8O2/c1-13(34)20-21(15-8-16-3-4-17(9-15)31(16)12-33)30-24-18(11-29-32(24)22(20)25)14-2-5-19(28-10-14)23-26-6-7-27-23/h2,5-7,10-12,15-17H,3-4,8-9,25H2,1H3,(H,26,27)/t15-,16+,17?/m1/s1. The number of carbonyl (C=O) groups is 2. The number of pyridine rings is 1. The number of aromatic amines is 1. The van der Waals surface area contributed by atoms with Crippen LogP contribution in [0.25, 0.3) is 28.3 Å². The average Bonchev–Trinajstić information content (AvgIpc) is 3.57. The molecule has 3 N–H and O–H groups in total. The molecular formula is C24H24N8O2. The molecule has 2 aliphatic heterocycles. The van der Waals surface area contributed by atoms with Crippen molar-refractivity contribution in [3.05, 3.63) is 48.2 Å². The number of carbonyl (C=O) groups excluding carboxylic acids is 2. The number of anilines is 1. The van der Waals surface area contributed by atoms with Gasteiger partial charge in [-0.15, -0.1) is 0 Å². The summed E-state index contributed by atoms with van der Waals surface area (Å²) in [6.45, 7) is 1.51. The largest absolute Gasteiger partial charge is 0.383 e. The Morgan fingerprint density at radius 3 is 2.59 bits per heavy atom. The summed E-state index contributed by atoms with van der Waals surface area (Å²) in [7, 11) is 0. The number of imidazole rings is 1. The first-order chi connectivity index (χ1) is 16.5. The Kier molecular flexibility index (Phi) is 4.68. The van der Waals surface area contributed by atoms with E-state index in [0.29, 0.717) is 28.5 Å². The van der Waals surface area contributed by atoms with Crippen molar-refractivity contribution >= 4 is 23.7 Å². The molecule has 10 heteroatoms. The van der Waals surface area contributed by atoms with Crippen LogP contribution in [0.15, 0.2) is 36.9 Å². The lowest BCUT2D eigenvalue weighted by Gasteiger charge is -2.36. The van der Waals surface area contributed by atoms with Crippen LogP contribution in [0.3, 0.4) is 0 Å². The number of nitrogens with zero attached hydrogens (tertiary/aromatic N) is 6. The number of aromatic nitrogens is 6. The first kappa shape index (κ1) is 20.5. The molecule has 4 aromatic heterocycles. The third-order valence-electron chi connectivity index (χ3n) is 7.18. The van der Waals surface area contributed by atoms with Gasteiger partial charge in [0.2, 0.25) is 6.41 Å². The number of rotatable bonds is 5. The van der Waals surface area contributed by atoms with Crippen molar-refractivity contribution in [2.24, 2.45) is 0 Å². The van der Waals surface area contributed by atoms with E-state index >= 15 is 0 Å². The molecule has 0 spiro atoms. The molecule has 6 rings (SSSR count). The van der Waals surface area contributed by atoms with Gasteiger partial charge in [0.1, 0.15) is 11.5 Å². The summed E-state index contributed by atoms with van der Waals surface area (Å²) in [6, 6.07) is 4.20. The first-order valence-electron chi connectivity index (χ1n) is 11.4. The molecule has 2 aliphatic rings. The van der Waals surface area contributed by atoms with Crippen molar-refractivity contribution in [1.29, 1.82) is 0 Å². The van der Waals surface area contributed by atoms with Crippen molar-refractivity contribution in [3.8, 4) is 22.6 Å². The fourth-order valence-electron chi connectivity index (χ4n) is 5.60. The zero-order chi connectivity index (χ0) is 23.4. The normalized spacial score (nSPS) is 21.8. The molecular weight excluding hydrogens is 432 g/mol. The number of hydrogen-bond acceptors (Lipinski definition) is 7. The predicted molar refractivity (Wildman–Crippen MR) is 125 cm³/mol. The van der Waals surface area contributed by atoms with Crippen LogP contribution in [0.4, 0.5) is 5.82 Å². The van der Waals surface area contributed by atoms with Crippen LogP contribution < -0.4 is 5.73 Å². The summed E-state index contributed by atoms with van der Waals surface area (Å²) >= 11 is 0. The van der Waals surface area contributed by atoms with Crippen LogP contribution in [0.1, 0.15) is 54.6 Å². The highest BCUT2D eigenvalue weighted by Gasteiger charge is 2.42. The van der Waals surface area contributed by atoms with Crippen molar-refractivity contribution in [2.75, 3.05) is 5.73 Å². The van der Waals surface area contributed by atoms with Gasteiger partial charge in [0.25, 0.3) is 0 Å². The molecule has 1 amide bonds. The van der Waals surface area contributed by atoms with E-state index in [4.69, 9.17) is 10.7 Å². The zero-order valence-electron chi connectivity index (χ0n) is 18.7. The lowest BCUT2D eigenvalue weighted by molar-refractivity contribution is -0.122. The molecule has 34 heavy (non-hydrogen) atoms. The van der Waals surface area contributed by atoms with Gasteiger partial charge in [-0.25, -0.2) is 9.97 Å². The van der Waals surface area contributed by atoms with E-state index in [-0.39, 0.29) is 23.8 Å². The number of hydrogen-bond donors (Lipinski definition) is 2. The number of Topliss-reactive ketones (excluding diaryl/α,β-unsaturated/α-hetero) is 1. The Morgan fingerprint density at radius 1 is 1.18 bits per heavy atom. The maximum atomic E-state index is 12.7. The number of amides is 1. The van der Waals surface area contributed by atoms with Crippen molar-refractivity contribution in [3.63, 3.8) is 0 Å². The average molecular weight is 457 g/mol. The van der Waals surface area contributed by atoms with Gasteiger partial charge in [-0.3, -0.25) is 14.6 Å². The molecule has 0 aliphatic carbocycles. The maximum Gasteiger partial charge on any atom is 0.210 e. The van der Waals surface area contributed by atoms with E-state index in [0.717, 1.165) is 48.9 Å². The number of piperidine rings is 1. The number of ketones is 1. The van der Waals surface area contributed by atoms with E-state index < -0.39 is 0 Å². The second-order valence-corrected chi connectivity index (χ2v) is 9.08. The molecule has 2 saturated heterocycles. The molecule has 2 fully saturated rings. The van der Waals surface area contributed by atoms with Gasteiger partial charge < -0.3 is 15.6 Å². The van der Waals surface area contributed by atoms with Crippen molar-refractivity contribution < 1.29 is 9.59 Å². The number of fused-ring (bicyclic) bond motifs is 3. The van der Waals surface area contributed by atoms with Gasteiger partial charge in [0.05, 0.1) is 17.5 Å². The minimum absolute atomic E-state index is 0.0575. The van der Waals surface area contributed by atoms with Crippen LogP contribution in [-0.2, 0) is 4.79 Å². The van der Waals surface area contributed by atoms with Crippen LogP contribution in [-0.4, -0.2) is 58.7 Å². The third kappa shape index (κ3) is 3.09. The fourth-order valence-corrected chi connectivity index (χ4v) is 5.60. The zero-order valence-corrected chi connectivity index (χ0v) is 18.7. The summed E-state index contributed by atoms with van der Waals surface area (Å²) < 4.78 is 1.53. The quantitative estimate of drug-likeness (QED) is 0.348. The van der Waals surface area contributed by atoms with Gasteiger partial charge in [-0.2, -0.15) is 9.61 Å². The number of nitrogens with two attached hydrogens (primary N) is 1. The summed E-state index contributed by atoms with van der Waals surface area (Å²) in [5, 5.41) is 4.44. The van der Waals surface area contributed by atoms with Crippen molar-refractivity contribution in [1.82, 2.24) is 34.4 Å². The van der Waals surface area contributed by atoms with Crippen LogP contribution in [0.2, 0.25) is 0 Å². The van der Waals surface area contributed by atoms with E-state index in [2.05, 4.69) is 20.1 Å². The summed E-state index contributed by atoms with van der Waals surface area (Å²) in [5.41, 5.74) is 10.6. The first-order valence-corrected chi connectivity index (χ1v) is 11.4. The molecule has 4 aromatic rings. The Hall–Kier alpha value is -4.08. The van der Waals surface area contributed by atoms with Crippen LogP contribution in [0, 0.1) is 0 Å². The van der Waals surface area contributed by atoms with Crippen LogP contribution >= 0.6 is 0 Å². The lowest BCUT2D eigenvalue weighted by Crippen LogP contribution is -2.41. The number of nitrogen functional groups attached to an aromatic ring is 1. The molecule has 172 valence electrons. The third-order valence-corrected chi connectivity index (χ3v) is 7.18. The van der Waals surface area contributed by atoms with Crippen molar-refractivity contribution in [2.45, 2.75) is 50.6 Å². The Labute approximate surface area is 195 Å². The molecule has 1 unspecified atom stereocenters. The molecule has 0 radical (unpaired) electrons. The second-order valence-electron chi connectivity index (χ2n) is 9.08. The predicted octanol–water partition coefficient (Wildman–Crippen LogP) is 2.83. The van der Waals surface area contributed by atoms with Gasteiger partial charge >= 0.3 is 0 Å². The molecule has 0 saturated carbocycles. The molecule has 6 heterocycles. The van der Waals surface area contributed by atoms with Gasteiger partial charge in [0.15, 0.2) is 17.3 Å². The summed E-state index contributed by atoms with van der Waals surface area (Å²) in [5.74, 6) is 0.915. The highest BCUT2D eigenvalue weighted by atomic mass is 16.1. The lowest BCUT2D eigenvalue weighted by atomic mass is 9.85. The number of H-pyrrole nitrogens is 1. The van der Waals surface area contributed by atoms with E-state index in [1.165, 1.54) is 11.4 Å². The van der Waals surface area contributed by atoms with Gasteiger partial charge in [0, 0.05) is 47.7 Å². The molecule has 2 bridgehead atoms. The minimum atomic E-state index is -0.131. The van der Waals surface area contributed by atoms with E-state index in [1.807, 2.05) is 17.0 Å². The smallest absolute Gasteiger partial charge is 0.210 e. The summed E-state index contributed by atoms with van der Waals surface area (Å²) in [6.07, 6.45) is 11.4. The Bertz CT molecular complexity index is 1380. The van der Waals surface area contributed by atoms with Gasteiger partial charge in [-0.1, -0.05) is 6.07 Å². The maximum absolute atomic E-state index is 12.7. The monoisotopic (exact) mass is 456 g/mol. The summed E-state index contributed by atoms with van der Waals surface area (Å²) in [4.78, 5) is 42.9. The van der Waals surface area contributed by atoms with Crippen LogP contribution in [0.5, 0.6) is 0 Å². The molecule has 3 atom stereocenters. The molecule has 0 aromatic carbocycles. The Balaban J connectivity index is 1.45. The van der Waals surface area contributed by atoms with E-state index in [9.17, 15) is 9.59 Å². The highest BCUT2D eigenvalue weighted by molar-refractivity contribution is 6.00. The number of nitrogens with one attached hydrogen (secondary N) is 1. The highest BCUT2D eigenvalue weighted by Crippen LogP contribution is 2.43. The minimum Gasteiger partial charge on any atom is -0.383 e. The molecule has 10 nitrogen and oxygen atoms in total. The van der Waals surface area contributed by atoms with Gasteiger partial charge in [-0.05, 0) is 38.7 Å². The topological polar surface area (TPSA) is 135 Å². The second kappa shape index (κ2) is 7.75. The Morgan fingerprint density at radius 2 is 1.97 bits per heavy atom. The SMILES string of the molecule is CC(=O)c1c([C@H]2CC3CC[C@@H](C2)N3C=O)nc2c(-c3ccc(-c4ncc[nH]4)nc3)cnn2c1N. The fraction of sp³-hybridized carbons (Fsp3) is 0.333.